The predicted molar refractivity (Wildman–Crippen MR) is 115 cm³/mol. The van der Waals surface area contributed by atoms with Crippen LogP contribution in [0.1, 0.15) is 37.6 Å². The summed E-state index contributed by atoms with van der Waals surface area (Å²) in [6.45, 7) is 9.37. The van der Waals surface area contributed by atoms with E-state index in [1.54, 1.807) is 12.1 Å². The molecular formula is C17H28BrIN4O. The van der Waals surface area contributed by atoms with E-state index >= 15 is 0 Å². The number of aliphatic imine (C=N–C) groups is 1. The van der Waals surface area contributed by atoms with Crippen molar-refractivity contribution in [3.8, 4) is 0 Å². The SMILES string of the molecule is CCNC(=NCC(C)C)NCCCNC(=O)c1ccc(Br)cc1.I. The molecule has 24 heavy (non-hydrogen) atoms. The quantitative estimate of drug-likeness (QED) is 0.217. The zero-order valence-electron chi connectivity index (χ0n) is 14.6. The average molecular weight is 511 g/mol. The van der Waals surface area contributed by atoms with Crippen LogP contribution < -0.4 is 16.0 Å². The van der Waals surface area contributed by atoms with Gasteiger partial charge in [0.05, 0.1) is 0 Å². The number of rotatable bonds is 8. The van der Waals surface area contributed by atoms with Crippen molar-refractivity contribution in [1.29, 1.82) is 0 Å². The van der Waals surface area contributed by atoms with E-state index in [-0.39, 0.29) is 29.9 Å². The van der Waals surface area contributed by atoms with E-state index in [0.717, 1.165) is 36.5 Å². The molecule has 7 heteroatoms. The molecule has 0 aliphatic rings. The van der Waals surface area contributed by atoms with Gasteiger partial charge in [0.2, 0.25) is 0 Å². The lowest BCUT2D eigenvalue weighted by molar-refractivity contribution is 0.0953. The molecule has 0 fully saturated rings. The van der Waals surface area contributed by atoms with E-state index in [2.05, 4.69) is 50.7 Å². The molecule has 0 aromatic heterocycles. The number of nitrogens with zero attached hydrogens (tertiary/aromatic N) is 1. The second-order valence-electron chi connectivity index (χ2n) is 5.66. The maximum atomic E-state index is 12.0. The number of halogens is 2. The Morgan fingerprint density at radius 3 is 2.33 bits per heavy atom. The molecule has 0 aliphatic heterocycles. The smallest absolute Gasteiger partial charge is 0.251 e. The fraction of sp³-hybridized carbons (Fsp3) is 0.529. The molecule has 1 rings (SSSR count). The fourth-order valence-corrected chi connectivity index (χ4v) is 2.08. The first-order valence-electron chi connectivity index (χ1n) is 8.09. The maximum Gasteiger partial charge on any atom is 0.251 e. The molecule has 0 heterocycles. The highest BCUT2D eigenvalue weighted by atomic mass is 127. The van der Waals surface area contributed by atoms with Gasteiger partial charge in [-0.25, -0.2) is 0 Å². The first-order valence-corrected chi connectivity index (χ1v) is 8.88. The fourth-order valence-electron chi connectivity index (χ4n) is 1.82. The minimum atomic E-state index is -0.0436. The summed E-state index contributed by atoms with van der Waals surface area (Å²) in [5.41, 5.74) is 0.674. The van der Waals surface area contributed by atoms with E-state index in [9.17, 15) is 4.79 Å². The van der Waals surface area contributed by atoms with Crippen LogP contribution in [0.25, 0.3) is 0 Å². The van der Waals surface area contributed by atoms with Crippen LogP contribution in [0, 0.1) is 5.92 Å². The second kappa shape index (κ2) is 13.5. The largest absolute Gasteiger partial charge is 0.357 e. The minimum absolute atomic E-state index is 0. The molecule has 0 atom stereocenters. The third-order valence-corrected chi connectivity index (χ3v) is 3.53. The zero-order valence-corrected chi connectivity index (χ0v) is 18.5. The number of benzene rings is 1. The molecule has 0 radical (unpaired) electrons. The number of hydrogen-bond acceptors (Lipinski definition) is 2. The van der Waals surface area contributed by atoms with Crippen LogP contribution in [0.4, 0.5) is 0 Å². The number of amides is 1. The summed E-state index contributed by atoms with van der Waals surface area (Å²) in [6, 6.07) is 7.34. The van der Waals surface area contributed by atoms with Crippen LogP contribution in [-0.4, -0.2) is 38.0 Å². The van der Waals surface area contributed by atoms with Crippen molar-refractivity contribution >= 4 is 51.8 Å². The summed E-state index contributed by atoms with van der Waals surface area (Å²) >= 11 is 3.36. The van der Waals surface area contributed by atoms with E-state index in [1.165, 1.54) is 0 Å². The highest BCUT2D eigenvalue weighted by molar-refractivity contribution is 14.0. The monoisotopic (exact) mass is 510 g/mol. The van der Waals surface area contributed by atoms with Crippen molar-refractivity contribution in [3.63, 3.8) is 0 Å². The van der Waals surface area contributed by atoms with Gasteiger partial charge in [-0.15, -0.1) is 24.0 Å². The molecule has 0 bridgehead atoms. The minimum Gasteiger partial charge on any atom is -0.357 e. The van der Waals surface area contributed by atoms with Gasteiger partial charge < -0.3 is 16.0 Å². The number of nitrogens with one attached hydrogen (secondary N) is 3. The Hall–Kier alpha value is -0.830. The van der Waals surface area contributed by atoms with Crippen molar-refractivity contribution in [3.05, 3.63) is 34.3 Å². The Morgan fingerprint density at radius 2 is 1.75 bits per heavy atom. The van der Waals surface area contributed by atoms with E-state index in [4.69, 9.17) is 0 Å². The molecule has 3 N–H and O–H groups in total. The molecule has 0 saturated heterocycles. The Balaban J connectivity index is 0.00000529. The Morgan fingerprint density at radius 1 is 1.12 bits per heavy atom. The van der Waals surface area contributed by atoms with Gasteiger partial charge in [0.1, 0.15) is 0 Å². The van der Waals surface area contributed by atoms with Crippen molar-refractivity contribution in [2.75, 3.05) is 26.2 Å². The van der Waals surface area contributed by atoms with Gasteiger partial charge in [0.15, 0.2) is 5.96 Å². The highest BCUT2D eigenvalue weighted by Gasteiger charge is 2.04. The number of guanidine groups is 1. The molecule has 0 unspecified atom stereocenters. The van der Waals surface area contributed by atoms with Crippen LogP contribution in [-0.2, 0) is 0 Å². The Labute approximate surface area is 170 Å². The molecule has 1 aromatic carbocycles. The molecule has 0 aliphatic carbocycles. The van der Waals surface area contributed by atoms with Gasteiger partial charge in [-0.3, -0.25) is 9.79 Å². The van der Waals surface area contributed by atoms with Crippen molar-refractivity contribution < 1.29 is 4.79 Å². The van der Waals surface area contributed by atoms with Crippen LogP contribution in [0.15, 0.2) is 33.7 Å². The number of carbonyl (C=O) groups is 1. The molecule has 0 spiro atoms. The van der Waals surface area contributed by atoms with Crippen LogP contribution >= 0.6 is 39.9 Å². The molecule has 5 nitrogen and oxygen atoms in total. The first-order chi connectivity index (χ1) is 11.0. The van der Waals surface area contributed by atoms with Gasteiger partial charge in [-0.05, 0) is 43.5 Å². The lowest BCUT2D eigenvalue weighted by atomic mass is 10.2. The lowest BCUT2D eigenvalue weighted by Gasteiger charge is -2.12. The van der Waals surface area contributed by atoms with Crippen molar-refractivity contribution in [2.45, 2.75) is 27.2 Å². The van der Waals surface area contributed by atoms with E-state index in [0.29, 0.717) is 18.0 Å². The van der Waals surface area contributed by atoms with Crippen LogP contribution in [0.2, 0.25) is 0 Å². The predicted octanol–water partition coefficient (Wildman–Crippen LogP) is 3.40. The first kappa shape index (κ1) is 23.2. The van der Waals surface area contributed by atoms with Crippen molar-refractivity contribution in [2.24, 2.45) is 10.9 Å². The van der Waals surface area contributed by atoms with Gasteiger partial charge in [-0.1, -0.05) is 29.8 Å². The zero-order chi connectivity index (χ0) is 17.1. The third-order valence-electron chi connectivity index (χ3n) is 3.00. The van der Waals surface area contributed by atoms with E-state index in [1.807, 2.05) is 19.1 Å². The number of carbonyl (C=O) groups excluding carboxylic acids is 1. The normalized spacial score (nSPS) is 11.0. The molecular weight excluding hydrogens is 483 g/mol. The van der Waals surface area contributed by atoms with Gasteiger partial charge in [0.25, 0.3) is 5.91 Å². The topological polar surface area (TPSA) is 65.5 Å². The summed E-state index contributed by atoms with van der Waals surface area (Å²) in [6.07, 6.45) is 0.842. The van der Waals surface area contributed by atoms with Crippen molar-refractivity contribution in [1.82, 2.24) is 16.0 Å². The van der Waals surface area contributed by atoms with Crippen LogP contribution in [0.5, 0.6) is 0 Å². The molecule has 1 aromatic rings. The van der Waals surface area contributed by atoms with Crippen LogP contribution in [0.3, 0.4) is 0 Å². The number of hydrogen-bond donors (Lipinski definition) is 3. The van der Waals surface area contributed by atoms with Gasteiger partial charge >= 0.3 is 0 Å². The Kier molecular flexibility index (Phi) is 13.0. The average Bonchev–Trinajstić information content (AvgIpc) is 2.52. The summed E-state index contributed by atoms with van der Waals surface area (Å²) in [5.74, 6) is 1.33. The summed E-state index contributed by atoms with van der Waals surface area (Å²) in [5, 5.41) is 9.41. The van der Waals surface area contributed by atoms with Gasteiger partial charge in [0, 0.05) is 36.2 Å². The molecule has 136 valence electrons. The summed E-state index contributed by atoms with van der Waals surface area (Å²) < 4.78 is 0.967. The molecule has 1 amide bonds. The second-order valence-corrected chi connectivity index (χ2v) is 6.57. The highest BCUT2D eigenvalue weighted by Crippen LogP contribution is 2.10. The summed E-state index contributed by atoms with van der Waals surface area (Å²) in [7, 11) is 0. The third kappa shape index (κ3) is 10.1. The molecule has 0 saturated carbocycles. The summed E-state index contributed by atoms with van der Waals surface area (Å²) in [4.78, 5) is 16.5. The lowest BCUT2D eigenvalue weighted by Crippen LogP contribution is -2.39. The van der Waals surface area contributed by atoms with Gasteiger partial charge in [-0.2, -0.15) is 0 Å². The Bertz CT molecular complexity index is 506. The maximum absolute atomic E-state index is 12.0. The van der Waals surface area contributed by atoms with E-state index < -0.39 is 0 Å². The standard InChI is InChI=1S/C17H27BrN4O.HI/c1-4-19-17(22-12-13(2)3)21-11-5-10-20-16(23)14-6-8-15(18)9-7-14;/h6-9,13H,4-5,10-12H2,1-3H3,(H,20,23)(H2,19,21,22);1H.